The number of hydrogen-bond donors (Lipinski definition) is 1. The molecule has 1 unspecified atom stereocenters. The first-order valence-corrected chi connectivity index (χ1v) is 9.84. The summed E-state index contributed by atoms with van der Waals surface area (Å²) in [6.45, 7) is 8.56. The largest absolute Gasteiger partial charge is 0.490 e. The van der Waals surface area contributed by atoms with Crippen LogP contribution in [-0.2, 0) is 10.0 Å². The molecule has 0 amide bonds. The van der Waals surface area contributed by atoms with Crippen molar-refractivity contribution in [3.63, 3.8) is 0 Å². The van der Waals surface area contributed by atoms with Gasteiger partial charge in [-0.15, -0.1) is 0 Å². The van der Waals surface area contributed by atoms with E-state index in [1.54, 1.807) is 37.3 Å². The van der Waals surface area contributed by atoms with Gasteiger partial charge in [0.05, 0.1) is 18.1 Å². The van der Waals surface area contributed by atoms with Crippen LogP contribution in [0.15, 0.2) is 47.4 Å². The summed E-state index contributed by atoms with van der Waals surface area (Å²) in [5.74, 6) is 1.27. The highest BCUT2D eigenvalue weighted by Crippen LogP contribution is 2.31. The van der Waals surface area contributed by atoms with Crippen molar-refractivity contribution in [1.29, 1.82) is 0 Å². The lowest BCUT2D eigenvalue weighted by molar-refractivity contribution is 0.287. The molecule has 2 aromatic carbocycles. The smallest absolute Gasteiger partial charge is 0.241 e. The molecular formula is C19H25NO4S. The van der Waals surface area contributed by atoms with Crippen molar-refractivity contribution >= 4 is 10.0 Å². The van der Waals surface area contributed by atoms with Crippen LogP contribution in [0.3, 0.4) is 0 Å². The number of nitrogens with one attached hydrogen (secondary N) is 1. The van der Waals surface area contributed by atoms with E-state index in [4.69, 9.17) is 9.47 Å². The number of rotatable bonds is 8. The number of ether oxygens (including phenoxy) is 2. The van der Waals surface area contributed by atoms with Crippen LogP contribution in [0.1, 0.15) is 37.9 Å². The summed E-state index contributed by atoms with van der Waals surface area (Å²) in [4.78, 5) is 0.251. The van der Waals surface area contributed by atoms with Crippen LogP contribution >= 0.6 is 0 Å². The molecule has 1 atom stereocenters. The zero-order chi connectivity index (χ0) is 18.4. The Bertz CT molecular complexity index is 801. The summed E-state index contributed by atoms with van der Waals surface area (Å²) in [6, 6.07) is 11.8. The highest BCUT2D eigenvalue weighted by atomic mass is 32.2. The predicted octanol–water partition coefficient (Wildman–Crippen LogP) is 3.83. The van der Waals surface area contributed by atoms with E-state index >= 15 is 0 Å². The molecule has 0 fully saturated rings. The Labute approximate surface area is 150 Å². The van der Waals surface area contributed by atoms with E-state index in [0.29, 0.717) is 24.7 Å². The average Bonchev–Trinajstić information content (AvgIpc) is 2.57. The first kappa shape index (κ1) is 19.3. The predicted molar refractivity (Wildman–Crippen MR) is 98.7 cm³/mol. The molecule has 25 heavy (non-hydrogen) atoms. The van der Waals surface area contributed by atoms with E-state index in [1.807, 2.05) is 32.9 Å². The molecule has 0 saturated carbocycles. The summed E-state index contributed by atoms with van der Waals surface area (Å²) >= 11 is 0. The molecule has 0 aromatic heterocycles. The summed E-state index contributed by atoms with van der Waals surface area (Å²) < 4.78 is 38.9. The molecule has 0 aliphatic rings. The number of benzene rings is 2. The summed E-state index contributed by atoms with van der Waals surface area (Å²) in [7, 11) is -3.59. The zero-order valence-corrected chi connectivity index (χ0v) is 15.9. The molecule has 136 valence electrons. The lowest BCUT2D eigenvalue weighted by Gasteiger charge is -2.17. The lowest BCUT2D eigenvalue weighted by atomic mass is 10.1. The van der Waals surface area contributed by atoms with Gasteiger partial charge in [-0.25, -0.2) is 13.1 Å². The molecule has 0 radical (unpaired) electrons. The van der Waals surface area contributed by atoms with Gasteiger partial charge in [-0.1, -0.05) is 23.8 Å². The van der Waals surface area contributed by atoms with Gasteiger partial charge in [-0.2, -0.15) is 0 Å². The second-order valence-electron chi connectivity index (χ2n) is 5.73. The fourth-order valence-corrected chi connectivity index (χ4v) is 3.66. The van der Waals surface area contributed by atoms with E-state index < -0.39 is 16.1 Å². The van der Waals surface area contributed by atoms with E-state index in [-0.39, 0.29) is 4.90 Å². The Hall–Kier alpha value is -2.05. The van der Waals surface area contributed by atoms with Gasteiger partial charge in [0.15, 0.2) is 11.5 Å². The minimum atomic E-state index is -3.59. The minimum absolute atomic E-state index is 0.251. The number of sulfonamides is 1. The van der Waals surface area contributed by atoms with E-state index in [0.717, 1.165) is 11.1 Å². The second-order valence-corrected chi connectivity index (χ2v) is 7.44. The molecule has 0 aliphatic carbocycles. The van der Waals surface area contributed by atoms with Crippen molar-refractivity contribution < 1.29 is 17.9 Å². The van der Waals surface area contributed by atoms with E-state index in [9.17, 15) is 8.42 Å². The second kappa shape index (κ2) is 8.36. The maximum absolute atomic E-state index is 12.5. The van der Waals surface area contributed by atoms with Crippen LogP contribution < -0.4 is 14.2 Å². The normalized spacial score (nSPS) is 12.6. The van der Waals surface area contributed by atoms with Crippen molar-refractivity contribution in [2.45, 2.75) is 38.6 Å². The average molecular weight is 363 g/mol. The van der Waals surface area contributed by atoms with Crippen molar-refractivity contribution in [3.05, 3.63) is 53.6 Å². The Morgan fingerprint density at radius 2 is 1.56 bits per heavy atom. The Morgan fingerprint density at radius 3 is 2.16 bits per heavy atom. The van der Waals surface area contributed by atoms with Gasteiger partial charge in [-0.3, -0.25) is 0 Å². The lowest BCUT2D eigenvalue weighted by Crippen LogP contribution is -2.26. The van der Waals surface area contributed by atoms with Crippen LogP contribution in [0, 0.1) is 6.92 Å². The highest BCUT2D eigenvalue weighted by Gasteiger charge is 2.19. The van der Waals surface area contributed by atoms with Crippen LogP contribution in [0.2, 0.25) is 0 Å². The van der Waals surface area contributed by atoms with E-state index in [2.05, 4.69) is 4.72 Å². The van der Waals surface area contributed by atoms with Gasteiger partial charge in [0.1, 0.15) is 0 Å². The van der Waals surface area contributed by atoms with Crippen molar-refractivity contribution in [3.8, 4) is 11.5 Å². The quantitative estimate of drug-likeness (QED) is 0.774. The summed E-state index contributed by atoms with van der Waals surface area (Å²) in [5.41, 5.74) is 1.82. The topological polar surface area (TPSA) is 64.6 Å². The molecule has 0 spiro atoms. The maximum atomic E-state index is 12.5. The number of aryl methyl sites for hydroxylation is 1. The van der Waals surface area contributed by atoms with Crippen molar-refractivity contribution in [1.82, 2.24) is 4.72 Å². The molecule has 0 heterocycles. The standard InChI is InChI=1S/C19H25NO4S/c1-5-23-18-12-9-16(13-19(18)24-6-2)15(4)20-25(21,22)17-10-7-14(3)8-11-17/h7-13,15,20H,5-6H2,1-4H3. The molecule has 2 aromatic rings. The molecule has 0 bridgehead atoms. The summed E-state index contributed by atoms with van der Waals surface area (Å²) in [6.07, 6.45) is 0. The highest BCUT2D eigenvalue weighted by molar-refractivity contribution is 7.89. The van der Waals surface area contributed by atoms with Gasteiger partial charge >= 0.3 is 0 Å². The van der Waals surface area contributed by atoms with E-state index in [1.165, 1.54) is 0 Å². The number of hydrogen-bond acceptors (Lipinski definition) is 4. The zero-order valence-electron chi connectivity index (χ0n) is 15.1. The van der Waals surface area contributed by atoms with Gasteiger partial charge < -0.3 is 9.47 Å². The van der Waals surface area contributed by atoms with Gasteiger partial charge in [0.2, 0.25) is 10.0 Å². The van der Waals surface area contributed by atoms with Gasteiger partial charge in [0.25, 0.3) is 0 Å². The van der Waals surface area contributed by atoms with Crippen LogP contribution in [0.4, 0.5) is 0 Å². The van der Waals surface area contributed by atoms with Crippen LogP contribution in [-0.4, -0.2) is 21.6 Å². The first-order valence-electron chi connectivity index (χ1n) is 8.36. The third-order valence-electron chi connectivity index (χ3n) is 3.73. The van der Waals surface area contributed by atoms with Crippen LogP contribution in [0.25, 0.3) is 0 Å². The molecule has 2 rings (SSSR count). The molecule has 6 heteroatoms. The fourth-order valence-electron chi connectivity index (χ4n) is 2.42. The minimum Gasteiger partial charge on any atom is -0.490 e. The SMILES string of the molecule is CCOc1ccc(C(C)NS(=O)(=O)c2ccc(C)cc2)cc1OCC. The molecule has 0 aliphatic heterocycles. The maximum Gasteiger partial charge on any atom is 0.241 e. The molecule has 1 N–H and O–H groups in total. The van der Waals surface area contributed by atoms with Gasteiger partial charge in [-0.05, 0) is 57.5 Å². The third kappa shape index (κ3) is 4.96. The Balaban J connectivity index is 2.23. The van der Waals surface area contributed by atoms with Crippen LogP contribution in [0.5, 0.6) is 11.5 Å². The fraction of sp³-hybridized carbons (Fsp3) is 0.368. The Morgan fingerprint density at radius 1 is 0.960 bits per heavy atom. The Kier molecular flexibility index (Phi) is 6.45. The monoisotopic (exact) mass is 363 g/mol. The van der Waals surface area contributed by atoms with Crippen molar-refractivity contribution in [2.24, 2.45) is 0 Å². The molecule has 0 saturated heterocycles. The summed E-state index contributed by atoms with van der Waals surface area (Å²) in [5, 5.41) is 0. The molecule has 5 nitrogen and oxygen atoms in total. The third-order valence-corrected chi connectivity index (χ3v) is 5.29. The molecular weight excluding hydrogens is 338 g/mol. The van der Waals surface area contributed by atoms with Crippen molar-refractivity contribution in [2.75, 3.05) is 13.2 Å². The first-order chi connectivity index (χ1) is 11.9. The van der Waals surface area contributed by atoms with Gasteiger partial charge in [0, 0.05) is 6.04 Å².